The highest BCUT2D eigenvalue weighted by atomic mass is 35.5. The first-order valence-corrected chi connectivity index (χ1v) is 9.71. The van der Waals surface area contributed by atoms with Crippen LogP contribution in [-0.2, 0) is 14.4 Å². The highest BCUT2D eigenvalue weighted by Gasteiger charge is 2.68. The van der Waals surface area contributed by atoms with E-state index in [1.54, 1.807) is 0 Å². The lowest BCUT2D eigenvalue weighted by Crippen LogP contribution is -2.70. The summed E-state index contributed by atoms with van der Waals surface area (Å²) in [5, 5.41) is 54.7. The predicted octanol–water partition coefficient (Wildman–Crippen LogP) is -0.173. The van der Waals surface area contributed by atoms with Crippen LogP contribution in [0.3, 0.4) is 0 Å². The van der Waals surface area contributed by atoms with Crippen molar-refractivity contribution in [2.24, 2.45) is 17.6 Å². The van der Waals surface area contributed by atoms with E-state index in [-0.39, 0.29) is 34.9 Å². The normalized spacial score (nSPS) is 31.1. The molecule has 1 aromatic carbocycles. The number of carbonyl (C=O) groups is 3. The molecule has 0 aromatic heterocycles. The van der Waals surface area contributed by atoms with Crippen LogP contribution >= 0.6 is 12.4 Å². The summed E-state index contributed by atoms with van der Waals surface area (Å²) in [6.45, 7) is 3.91. The van der Waals surface area contributed by atoms with Crippen molar-refractivity contribution in [3.8, 4) is 5.75 Å². The molecule has 10 nitrogen and oxygen atoms in total. The molecule has 0 heterocycles. The number of carbonyl (C=O) groups excluding carboxylic acids is 3. The minimum Gasteiger partial charge on any atom is -0.508 e. The van der Waals surface area contributed by atoms with Crippen LogP contribution in [0.2, 0.25) is 0 Å². The zero-order chi connectivity index (χ0) is 23.9. The molecule has 0 saturated heterocycles. The van der Waals surface area contributed by atoms with Gasteiger partial charge in [0.1, 0.15) is 22.8 Å². The molecule has 5 atom stereocenters. The quantitative estimate of drug-likeness (QED) is 0.314. The molecule has 0 unspecified atom stereocenters. The molecular formula is C22H23ClN2O8. The maximum absolute atomic E-state index is 13.6. The number of phenols is 1. The second-order valence-corrected chi connectivity index (χ2v) is 8.44. The number of nitrogens with two attached hydrogens (primary N) is 1. The van der Waals surface area contributed by atoms with E-state index in [9.17, 15) is 39.9 Å². The fraction of sp³-hybridized carbons (Fsp3) is 0.318. The zero-order valence-electron chi connectivity index (χ0n) is 17.6. The van der Waals surface area contributed by atoms with Crippen molar-refractivity contribution in [1.82, 2.24) is 4.90 Å². The van der Waals surface area contributed by atoms with Gasteiger partial charge in [-0.2, -0.15) is 0 Å². The van der Waals surface area contributed by atoms with Crippen LogP contribution in [0.1, 0.15) is 11.1 Å². The fourth-order valence-electron chi connectivity index (χ4n) is 5.21. The largest absolute Gasteiger partial charge is 0.508 e. The van der Waals surface area contributed by atoms with Crippen LogP contribution in [0.5, 0.6) is 5.75 Å². The van der Waals surface area contributed by atoms with Crippen molar-refractivity contribution in [3.05, 3.63) is 52.8 Å². The van der Waals surface area contributed by atoms with E-state index in [2.05, 4.69) is 6.58 Å². The lowest BCUT2D eigenvalue weighted by molar-refractivity contribution is -0.166. The van der Waals surface area contributed by atoms with Gasteiger partial charge in [0.2, 0.25) is 5.78 Å². The summed E-state index contributed by atoms with van der Waals surface area (Å²) in [6, 6.07) is 2.89. The second kappa shape index (κ2) is 7.70. The molecule has 11 heteroatoms. The minimum atomic E-state index is -2.94. The Morgan fingerprint density at radius 3 is 2.33 bits per heavy atom. The standard InChI is InChI=1S/C22H22N2O8.ClH/c1-7-8-5-4-6-9(25)11(8)16(26)12-10(7)17(27)14-15(24(2)3)18(28)13(21(23)31)20(30)22(14,32)19(12)29;/h4-6,10,14-15,17,25-27,30,32H,1H2,2-3H3,(H2,23,31);1H/t10-,14-,15+,17+,22+;/m0./s1. The van der Waals surface area contributed by atoms with Gasteiger partial charge in [-0.3, -0.25) is 19.3 Å². The monoisotopic (exact) mass is 478 g/mol. The summed E-state index contributed by atoms with van der Waals surface area (Å²) in [4.78, 5) is 39.8. The molecule has 0 aliphatic heterocycles. The van der Waals surface area contributed by atoms with E-state index in [1.807, 2.05) is 0 Å². The van der Waals surface area contributed by atoms with Gasteiger partial charge in [0.05, 0.1) is 29.2 Å². The molecule has 0 spiro atoms. The Morgan fingerprint density at radius 1 is 1.18 bits per heavy atom. The Balaban J connectivity index is 0.00000306. The first-order valence-electron chi connectivity index (χ1n) is 9.71. The molecule has 4 rings (SSSR count). The zero-order valence-corrected chi connectivity index (χ0v) is 18.5. The van der Waals surface area contributed by atoms with Crippen LogP contribution in [0.4, 0.5) is 0 Å². The van der Waals surface area contributed by atoms with Crippen LogP contribution in [0.25, 0.3) is 11.3 Å². The number of ketones is 2. The summed E-state index contributed by atoms with van der Waals surface area (Å²) < 4.78 is 0. The van der Waals surface area contributed by atoms with Gasteiger partial charge < -0.3 is 31.3 Å². The second-order valence-electron chi connectivity index (χ2n) is 8.44. The Morgan fingerprint density at radius 2 is 1.79 bits per heavy atom. The van der Waals surface area contributed by atoms with E-state index in [1.165, 1.54) is 37.2 Å². The first kappa shape index (κ1) is 24.5. The minimum absolute atomic E-state index is 0. The van der Waals surface area contributed by atoms with Gasteiger partial charge in [-0.25, -0.2) is 0 Å². The SMILES string of the molecule is C=C1c2cccc(O)c2C(O)=C2C(=O)[C@@]3(O)C(O)=C(C(N)=O)C(=O)[C@H](N(C)C)[C@H]3[C@H](O)[C@@H]12.Cl. The van der Waals surface area contributed by atoms with E-state index < -0.39 is 69.7 Å². The van der Waals surface area contributed by atoms with Crippen molar-refractivity contribution in [2.45, 2.75) is 17.7 Å². The summed E-state index contributed by atoms with van der Waals surface area (Å²) in [5.74, 6) is -8.78. The summed E-state index contributed by atoms with van der Waals surface area (Å²) in [5.41, 5.74) is 1.16. The number of hydrogen-bond acceptors (Lipinski definition) is 9. The average molecular weight is 479 g/mol. The predicted molar refractivity (Wildman–Crippen MR) is 118 cm³/mol. The van der Waals surface area contributed by atoms with Gasteiger partial charge in [0.25, 0.3) is 5.91 Å². The number of Topliss-reactive ketones (excluding diaryl/α,β-unsaturated/α-hetero) is 2. The molecule has 0 radical (unpaired) electrons. The molecule has 0 bridgehead atoms. The smallest absolute Gasteiger partial charge is 0.255 e. The van der Waals surface area contributed by atoms with Crippen molar-refractivity contribution in [1.29, 1.82) is 0 Å². The number of phenolic OH excluding ortho intramolecular Hbond substituents is 1. The van der Waals surface area contributed by atoms with Gasteiger partial charge in [0.15, 0.2) is 11.4 Å². The molecule has 1 fully saturated rings. The number of likely N-dealkylation sites (N-methyl/N-ethyl adjacent to an activating group) is 1. The van der Waals surface area contributed by atoms with Crippen molar-refractivity contribution in [3.63, 3.8) is 0 Å². The lowest BCUT2D eigenvalue weighted by Gasteiger charge is -2.52. The van der Waals surface area contributed by atoms with E-state index in [0.29, 0.717) is 0 Å². The number of aromatic hydroxyl groups is 1. The Bertz CT molecular complexity index is 1190. The number of primary amides is 1. The number of rotatable bonds is 2. The van der Waals surface area contributed by atoms with Gasteiger partial charge >= 0.3 is 0 Å². The molecule has 7 N–H and O–H groups in total. The summed E-state index contributed by atoms with van der Waals surface area (Å²) >= 11 is 0. The molecule has 3 aliphatic carbocycles. The summed E-state index contributed by atoms with van der Waals surface area (Å²) in [6.07, 6.45) is -1.69. The summed E-state index contributed by atoms with van der Waals surface area (Å²) in [7, 11) is 2.88. The third-order valence-electron chi connectivity index (χ3n) is 6.61. The number of halogens is 1. The van der Waals surface area contributed by atoms with Gasteiger partial charge in [-0.15, -0.1) is 12.4 Å². The molecular weight excluding hydrogens is 456 g/mol. The number of nitrogens with zero attached hydrogens (tertiary/aromatic N) is 1. The number of fused-ring (bicyclic) bond motifs is 3. The average Bonchev–Trinajstić information content (AvgIpc) is 2.70. The third-order valence-corrected chi connectivity index (χ3v) is 6.61. The topological polar surface area (TPSA) is 182 Å². The first-order chi connectivity index (χ1) is 14.9. The van der Waals surface area contributed by atoms with Crippen LogP contribution in [0.15, 0.2) is 41.7 Å². The fourth-order valence-corrected chi connectivity index (χ4v) is 5.21. The number of aliphatic hydroxyl groups excluding tert-OH is 3. The van der Waals surface area contributed by atoms with Crippen molar-refractivity contribution < 1.29 is 39.9 Å². The highest BCUT2D eigenvalue weighted by molar-refractivity contribution is 6.25. The van der Waals surface area contributed by atoms with Crippen LogP contribution in [-0.4, -0.2) is 79.7 Å². The number of benzene rings is 1. The molecule has 1 aromatic rings. The molecule has 33 heavy (non-hydrogen) atoms. The van der Waals surface area contributed by atoms with E-state index >= 15 is 0 Å². The van der Waals surface area contributed by atoms with E-state index in [4.69, 9.17) is 5.73 Å². The number of hydrogen-bond donors (Lipinski definition) is 6. The maximum Gasteiger partial charge on any atom is 0.255 e. The van der Waals surface area contributed by atoms with E-state index in [0.717, 1.165) is 0 Å². The number of amides is 1. The third kappa shape index (κ3) is 2.88. The van der Waals surface area contributed by atoms with Gasteiger partial charge in [-0.05, 0) is 31.3 Å². The van der Waals surface area contributed by atoms with Crippen LogP contribution in [0, 0.1) is 11.8 Å². The maximum atomic E-state index is 13.6. The molecule has 176 valence electrons. The van der Waals surface area contributed by atoms with Crippen molar-refractivity contribution >= 4 is 41.2 Å². The molecule has 1 saturated carbocycles. The molecule has 3 aliphatic rings. The highest BCUT2D eigenvalue weighted by Crippen LogP contribution is 2.55. The number of aliphatic hydroxyl groups is 4. The Labute approximate surface area is 194 Å². The molecule has 1 amide bonds. The lowest BCUT2D eigenvalue weighted by atomic mass is 9.55. The van der Waals surface area contributed by atoms with Crippen molar-refractivity contribution in [2.75, 3.05) is 14.1 Å². The van der Waals surface area contributed by atoms with Gasteiger partial charge in [-0.1, -0.05) is 18.7 Å². The Hall–Kier alpha value is -3.18. The van der Waals surface area contributed by atoms with Gasteiger partial charge in [0, 0.05) is 5.92 Å². The Kier molecular flexibility index (Phi) is 5.71. The van der Waals surface area contributed by atoms with Crippen LogP contribution < -0.4 is 5.73 Å².